The summed E-state index contributed by atoms with van der Waals surface area (Å²) >= 11 is 11.8. The summed E-state index contributed by atoms with van der Waals surface area (Å²) in [5, 5.41) is 0.910. The topological polar surface area (TPSA) is 26.3 Å². The van der Waals surface area contributed by atoms with Crippen molar-refractivity contribution in [3.8, 4) is 0 Å². The Bertz CT molecular complexity index is 423. The van der Waals surface area contributed by atoms with Gasteiger partial charge in [0.1, 0.15) is 5.60 Å². The van der Waals surface area contributed by atoms with Gasteiger partial charge in [0, 0.05) is 17.2 Å². The molecule has 1 atom stereocenters. The normalized spacial score (nSPS) is 24.7. The Hall–Kier alpha value is -0.570. The Balaban J connectivity index is 2.33. The Morgan fingerprint density at radius 1 is 1.44 bits per heavy atom. The van der Waals surface area contributed by atoms with Crippen LogP contribution in [0.5, 0.6) is 0 Å². The highest BCUT2D eigenvalue weighted by Gasteiger charge is 2.38. The summed E-state index contributed by atoms with van der Waals surface area (Å²) in [6, 6.07) is 4.90. The van der Waals surface area contributed by atoms with Crippen LogP contribution in [0.3, 0.4) is 0 Å². The predicted octanol–water partition coefficient (Wildman–Crippen LogP) is 3.75. The van der Waals surface area contributed by atoms with Gasteiger partial charge in [-0.2, -0.15) is 0 Å². The maximum absolute atomic E-state index is 12.2. The lowest BCUT2D eigenvalue weighted by molar-refractivity contribution is 0.0213. The summed E-state index contributed by atoms with van der Waals surface area (Å²) < 4.78 is 5.50. The highest BCUT2D eigenvalue weighted by atomic mass is 35.5. The first-order valence-corrected chi connectivity index (χ1v) is 5.92. The van der Waals surface area contributed by atoms with Gasteiger partial charge in [0.05, 0.1) is 5.02 Å². The van der Waals surface area contributed by atoms with E-state index in [-0.39, 0.29) is 5.78 Å². The molecule has 16 heavy (non-hydrogen) atoms. The lowest BCUT2D eigenvalue weighted by atomic mass is 9.92. The van der Waals surface area contributed by atoms with E-state index in [4.69, 9.17) is 27.9 Å². The van der Waals surface area contributed by atoms with Crippen LogP contribution in [0.4, 0.5) is 0 Å². The van der Waals surface area contributed by atoms with Crippen molar-refractivity contribution in [1.82, 2.24) is 0 Å². The van der Waals surface area contributed by atoms with Crippen molar-refractivity contribution in [2.75, 3.05) is 6.61 Å². The third-order valence-corrected chi connectivity index (χ3v) is 3.42. The van der Waals surface area contributed by atoms with Gasteiger partial charge in [-0.1, -0.05) is 23.2 Å². The van der Waals surface area contributed by atoms with E-state index in [0.29, 0.717) is 22.2 Å². The number of halogens is 2. The molecule has 1 saturated heterocycles. The number of hydrogen-bond acceptors (Lipinski definition) is 2. The van der Waals surface area contributed by atoms with Gasteiger partial charge in [-0.05, 0) is 38.0 Å². The van der Waals surface area contributed by atoms with E-state index < -0.39 is 5.60 Å². The number of benzene rings is 1. The molecule has 1 aromatic carbocycles. The Morgan fingerprint density at radius 3 is 2.75 bits per heavy atom. The van der Waals surface area contributed by atoms with Crippen molar-refractivity contribution in [3.63, 3.8) is 0 Å². The monoisotopic (exact) mass is 258 g/mol. The van der Waals surface area contributed by atoms with E-state index in [1.807, 2.05) is 6.92 Å². The molecule has 1 aromatic rings. The molecule has 1 unspecified atom stereocenters. The number of ether oxygens (including phenoxy) is 1. The van der Waals surface area contributed by atoms with Crippen LogP contribution in [0.15, 0.2) is 18.2 Å². The van der Waals surface area contributed by atoms with Gasteiger partial charge in [-0.3, -0.25) is 4.79 Å². The second kappa shape index (κ2) is 4.36. The minimum atomic E-state index is -0.725. The molecule has 0 bridgehead atoms. The molecule has 0 aromatic heterocycles. The van der Waals surface area contributed by atoms with Crippen LogP contribution in [-0.2, 0) is 4.74 Å². The molecular weight excluding hydrogens is 247 g/mol. The summed E-state index contributed by atoms with van der Waals surface area (Å²) in [6.07, 6.45) is 1.65. The number of Topliss-reactive ketones (excluding diaryl/α,β-unsaturated/α-hetero) is 1. The molecule has 0 radical (unpaired) electrons. The molecule has 1 fully saturated rings. The molecule has 0 saturated carbocycles. The first-order valence-electron chi connectivity index (χ1n) is 5.17. The summed E-state index contributed by atoms with van der Waals surface area (Å²) in [5.74, 6) is -0.0633. The summed E-state index contributed by atoms with van der Waals surface area (Å²) in [5.41, 5.74) is -0.243. The van der Waals surface area contributed by atoms with Crippen LogP contribution in [0.1, 0.15) is 30.1 Å². The lowest BCUT2D eigenvalue weighted by Gasteiger charge is -2.21. The predicted molar refractivity (Wildman–Crippen MR) is 64.4 cm³/mol. The summed E-state index contributed by atoms with van der Waals surface area (Å²) in [7, 11) is 0. The average Bonchev–Trinajstić information content (AvgIpc) is 2.66. The fourth-order valence-electron chi connectivity index (χ4n) is 1.92. The van der Waals surface area contributed by atoms with Crippen molar-refractivity contribution in [3.05, 3.63) is 33.8 Å². The van der Waals surface area contributed by atoms with E-state index in [1.165, 1.54) is 0 Å². The molecule has 1 heterocycles. The van der Waals surface area contributed by atoms with Crippen molar-refractivity contribution in [1.29, 1.82) is 0 Å². The zero-order chi connectivity index (χ0) is 11.8. The van der Waals surface area contributed by atoms with Crippen LogP contribution < -0.4 is 0 Å². The standard InChI is InChI=1S/C12H12Cl2O2/c1-12(5-2-6-16-12)11(15)9-4-3-8(13)7-10(9)14/h3-4,7H,2,5-6H2,1H3. The largest absolute Gasteiger partial charge is 0.367 e. The molecule has 0 N–H and O–H groups in total. The van der Waals surface area contributed by atoms with Crippen LogP contribution in [0.2, 0.25) is 10.0 Å². The molecule has 1 aliphatic heterocycles. The van der Waals surface area contributed by atoms with Crippen LogP contribution in [-0.4, -0.2) is 18.0 Å². The first-order chi connectivity index (χ1) is 7.53. The quantitative estimate of drug-likeness (QED) is 0.756. The number of carbonyl (C=O) groups excluding carboxylic acids is 1. The molecule has 0 spiro atoms. The minimum absolute atomic E-state index is 0.0633. The van der Waals surface area contributed by atoms with E-state index >= 15 is 0 Å². The second-order valence-electron chi connectivity index (χ2n) is 4.14. The molecule has 0 aliphatic carbocycles. The van der Waals surface area contributed by atoms with Crippen LogP contribution >= 0.6 is 23.2 Å². The first kappa shape index (κ1) is 11.9. The van der Waals surface area contributed by atoms with Crippen LogP contribution in [0, 0.1) is 0 Å². The fourth-order valence-corrected chi connectivity index (χ4v) is 2.41. The number of rotatable bonds is 2. The third kappa shape index (κ3) is 2.10. The van der Waals surface area contributed by atoms with E-state index in [0.717, 1.165) is 12.8 Å². The van der Waals surface area contributed by atoms with Gasteiger partial charge in [0.2, 0.25) is 0 Å². The van der Waals surface area contributed by atoms with Crippen LogP contribution in [0.25, 0.3) is 0 Å². The molecule has 4 heteroatoms. The lowest BCUT2D eigenvalue weighted by Crippen LogP contribution is -2.34. The smallest absolute Gasteiger partial charge is 0.195 e. The van der Waals surface area contributed by atoms with E-state index in [1.54, 1.807) is 18.2 Å². The van der Waals surface area contributed by atoms with Crippen molar-refractivity contribution in [2.45, 2.75) is 25.4 Å². The maximum Gasteiger partial charge on any atom is 0.195 e. The van der Waals surface area contributed by atoms with E-state index in [2.05, 4.69) is 0 Å². The van der Waals surface area contributed by atoms with Crippen molar-refractivity contribution >= 4 is 29.0 Å². The van der Waals surface area contributed by atoms with Gasteiger partial charge in [-0.25, -0.2) is 0 Å². The summed E-state index contributed by atoms with van der Waals surface area (Å²) in [4.78, 5) is 12.2. The Kier molecular flexibility index (Phi) is 3.24. The van der Waals surface area contributed by atoms with Gasteiger partial charge in [0.15, 0.2) is 5.78 Å². The van der Waals surface area contributed by atoms with Crippen molar-refractivity contribution < 1.29 is 9.53 Å². The van der Waals surface area contributed by atoms with E-state index in [9.17, 15) is 4.79 Å². The number of carbonyl (C=O) groups is 1. The van der Waals surface area contributed by atoms with Crippen molar-refractivity contribution in [2.24, 2.45) is 0 Å². The highest BCUT2D eigenvalue weighted by molar-refractivity contribution is 6.37. The number of ketones is 1. The molecule has 2 nitrogen and oxygen atoms in total. The maximum atomic E-state index is 12.2. The summed E-state index contributed by atoms with van der Waals surface area (Å²) in [6.45, 7) is 2.45. The number of hydrogen-bond donors (Lipinski definition) is 0. The zero-order valence-electron chi connectivity index (χ0n) is 8.93. The second-order valence-corrected chi connectivity index (χ2v) is 4.98. The zero-order valence-corrected chi connectivity index (χ0v) is 10.4. The molecule has 86 valence electrons. The Labute approximate surface area is 104 Å². The Morgan fingerprint density at radius 2 is 2.19 bits per heavy atom. The van der Waals surface area contributed by atoms with Gasteiger partial charge in [-0.15, -0.1) is 0 Å². The third-order valence-electron chi connectivity index (χ3n) is 2.87. The minimum Gasteiger partial charge on any atom is -0.367 e. The van der Waals surface area contributed by atoms with Gasteiger partial charge < -0.3 is 4.74 Å². The SMILES string of the molecule is CC1(C(=O)c2ccc(Cl)cc2Cl)CCCO1. The van der Waals surface area contributed by atoms with Gasteiger partial charge >= 0.3 is 0 Å². The molecular formula is C12H12Cl2O2. The molecule has 2 rings (SSSR count). The fraction of sp³-hybridized carbons (Fsp3) is 0.417. The highest BCUT2D eigenvalue weighted by Crippen LogP contribution is 2.32. The molecule has 1 aliphatic rings. The average molecular weight is 259 g/mol. The molecule has 0 amide bonds. The van der Waals surface area contributed by atoms with Gasteiger partial charge in [0.25, 0.3) is 0 Å².